The van der Waals surface area contributed by atoms with Gasteiger partial charge in [-0.3, -0.25) is 9.78 Å². The molecule has 6 nitrogen and oxygen atoms in total. The van der Waals surface area contributed by atoms with Crippen LogP contribution >= 0.6 is 0 Å². The molecule has 1 aromatic carbocycles. The SMILES string of the molecule is Cc1ccnc(-c2ccccc2)c1-c1cc2cc(NC(=O)[C@@H]3C[C@H]3C)ncc2c(N)n1. The van der Waals surface area contributed by atoms with Crippen molar-refractivity contribution in [1.82, 2.24) is 15.0 Å². The molecule has 154 valence electrons. The predicted molar refractivity (Wildman–Crippen MR) is 123 cm³/mol. The van der Waals surface area contributed by atoms with Gasteiger partial charge in [0.2, 0.25) is 5.91 Å². The molecule has 1 amide bonds. The van der Waals surface area contributed by atoms with Gasteiger partial charge >= 0.3 is 0 Å². The van der Waals surface area contributed by atoms with Crippen molar-refractivity contribution in [2.45, 2.75) is 20.3 Å². The second kappa shape index (κ2) is 7.47. The van der Waals surface area contributed by atoms with Gasteiger partial charge in [0, 0.05) is 34.8 Å². The third-order valence-electron chi connectivity index (χ3n) is 5.91. The van der Waals surface area contributed by atoms with E-state index in [-0.39, 0.29) is 11.8 Å². The number of nitrogens with two attached hydrogens (primary N) is 1. The number of nitrogens with one attached hydrogen (secondary N) is 1. The van der Waals surface area contributed by atoms with E-state index in [1.165, 1.54) is 0 Å². The number of carbonyl (C=O) groups excluding carboxylic acids is 1. The minimum atomic E-state index is 0.0241. The molecule has 1 aliphatic carbocycles. The number of nitrogen functional groups attached to an aromatic ring is 1. The lowest BCUT2D eigenvalue weighted by molar-refractivity contribution is -0.117. The van der Waals surface area contributed by atoms with Gasteiger partial charge in [-0.15, -0.1) is 0 Å². The van der Waals surface area contributed by atoms with Crippen molar-refractivity contribution in [3.8, 4) is 22.5 Å². The molecule has 1 fully saturated rings. The largest absolute Gasteiger partial charge is 0.383 e. The Hall–Kier alpha value is -3.80. The number of benzene rings is 1. The molecule has 5 rings (SSSR count). The van der Waals surface area contributed by atoms with Crippen LogP contribution in [0.25, 0.3) is 33.3 Å². The summed E-state index contributed by atoms with van der Waals surface area (Å²) in [6, 6.07) is 15.8. The number of anilines is 2. The third-order valence-corrected chi connectivity index (χ3v) is 5.91. The summed E-state index contributed by atoms with van der Waals surface area (Å²) in [6.07, 6.45) is 4.41. The molecule has 4 aromatic rings. The zero-order valence-corrected chi connectivity index (χ0v) is 17.5. The minimum absolute atomic E-state index is 0.0241. The standard InChI is InChI=1S/C25H23N5O/c1-14-8-9-27-23(16-6-4-3-5-7-16)22(14)20-11-17-12-21(28-13-19(17)24(26)29-20)30-25(31)18-10-15(18)2/h3-9,11-13,15,18H,10H2,1-2H3,(H2,26,29)(H,28,30,31)/t15-,18-/m1/s1. The Morgan fingerprint density at radius 3 is 2.65 bits per heavy atom. The van der Waals surface area contributed by atoms with Crippen molar-refractivity contribution in [1.29, 1.82) is 0 Å². The van der Waals surface area contributed by atoms with Crippen molar-refractivity contribution in [3.05, 3.63) is 66.5 Å². The van der Waals surface area contributed by atoms with Gasteiger partial charge in [0.05, 0.1) is 11.4 Å². The van der Waals surface area contributed by atoms with Crippen molar-refractivity contribution in [3.63, 3.8) is 0 Å². The molecule has 6 heteroatoms. The number of nitrogens with zero attached hydrogens (tertiary/aromatic N) is 3. The molecule has 3 N–H and O–H groups in total. The van der Waals surface area contributed by atoms with Crippen LogP contribution in [0.5, 0.6) is 0 Å². The molecule has 0 radical (unpaired) electrons. The summed E-state index contributed by atoms with van der Waals surface area (Å²) in [6.45, 7) is 4.12. The molecule has 2 atom stereocenters. The first-order valence-corrected chi connectivity index (χ1v) is 10.4. The Bertz CT molecular complexity index is 1300. The summed E-state index contributed by atoms with van der Waals surface area (Å²) in [5.41, 5.74) is 10.9. The zero-order valence-electron chi connectivity index (χ0n) is 17.5. The average Bonchev–Trinajstić information content (AvgIpc) is 3.50. The van der Waals surface area contributed by atoms with Crippen LogP contribution in [0.1, 0.15) is 18.9 Å². The lowest BCUT2D eigenvalue weighted by Gasteiger charge is -2.14. The summed E-state index contributed by atoms with van der Waals surface area (Å²) in [4.78, 5) is 26.0. The van der Waals surface area contributed by atoms with E-state index in [9.17, 15) is 4.79 Å². The highest BCUT2D eigenvalue weighted by Crippen LogP contribution is 2.39. The van der Waals surface area contributed by atoms with E-state index < -0.39 is 0 Å². The van der Waals surface area contributed by atoms with Gasteiger partial charge in [-0.05, 0) is 48.4 Å². The molecule has 0 saturated heterocycles. The van der Waals surface area contributed by atoms with Crippen molar-refractivity contribution in [2.24, 2.45) is 11.8 Å². The third kappa shape index (κ3) is 3.61. The van der Waals surface area contributed by atoms with Gasteiger partial charge < -0.3 is 11.1 Å². The highest BCUT2D eigenvalue weighted by atomic mass is 16.2. The summed E-state index contributed by atoms with van der Waals surface area (Å²) >= 11 is 0. The summed E-state index contributed by atoms with van der Waals surface area (Å²) in [5.74, 6) is 1.48. The number of rotatable bonds is 4. The fourth-order valence-electron chi connectivity index (χ4n) is 3.97. The van der Waals surface area contributed by atoms with Gasteiger partial charge in [-0.25, -0.2) is 9.97 Å². The van der Waals surface area contributed by atoms with Crippen LogP contribution in [0.3, 0.4) is 0 Å². The maximum Gasteiger partial charge on any atom is 0.228 e. The first kappa shape index (κ1) is 19.2. The Morgan fingerprint density at radius 1 is 1.13 bits per heavy atom. The molecule has 0 spiro atoms. The van der Waals surface area contributed by atoms with E-state index in [4.69, 9.17) is 5.73 Å². The molecule has 1 aliphatic rings. The van der Waals surface area contributed by atoms with Gasteiger partial charge in [0.25, 0.3) is 0 Å². The maximum absolute atomic E-state index is 12.3. The Morgan fingerprint density at radius 2 is 1.90 bits per heavy atom. The number of amides is 1. The van der Waals surface area contributed by atoms with Crippen LogP contribution in [-0.2, 0) is 4.79 Å². The van der Waals surface area contributed by atoms with Gasteiger partial charge in [0.1, 0.15) is 11.6 Å². The first-order chi connectivity index (χ1) is 15.0. The molecule has 3 aromatic heterocycles. The molecule has 1 saturated carbocycles. The molecule has 3 heterocycles. The predicted octanol–water partition coefficient (Wildman–Crippen LogP) is 4.84. The fourth-order valence-corrected chi connectivity index (χ4v) is 3.97. The van der Waals surface area contributed by atoms with Crippen LogP contribution in [0, 0.1) is 18.8 Å². The van der Waals surface area contributed by atoms with Gasteiger partial charge in [0.15, 0.2) is 0 Å². The molecule has 0 unspecified atom stereocenters. The van der Waals surface area contributed by atoms with E-state index >= 15 is 0 Å². The lowest BCUT2D eigenvalue weighted by Crippen LogP contribution is -2.15. The summed E-state index contributed by atoms with van der Waals surface area (Å²) < 4.78 is 0. The monoisotopic (exact) mass is 409 g/mol. The number of fused-ring (bicyclic) bond motifs is 1. The number of hydrogen-bond donors (Lipinski definition) is 2. The maximum atomic E-state index is 12.3. The number of hydrogen-bond acceptors (Lipinski definition) is 5. The second-order valence-electron chi connectivity index (χ2n) is 8.21. The molecule has 0 aliphatic heterocycles. The second-order valence-corrected chi connectivity index (χ2v) is 8.21. The van der Waals surface area contributed by atoms with Crippen LogP contribution < -0.4 is 11.1 Å². The summed E-state index contributed by atoms with van der Waals surface area (Å²) in [5, 5.41) is 4.56. The highest BCUT2D eigenvalue weighted by molar-refractivity contribution is 5.99. The molecule has 31 heavy (non-hydrogen) atoms. The minimum Gasteiger partial charge on any atom is -0.383 e. The fraction of sp³-hybridized carbons (Fsp3) is 0.200. The van der Waals surface area contributed by atoms with Crippen LogP contribution in [0.2, 0.25) is 0 Å². The topological polar surface area (TPSA) is 93.8 Å². The van der Waals surface area contributed by atoms with E-state index in [1.807, 2.05) is 61.7 Å². The smallest absolute Gasteiger partial charge is 0.228 e. The molecule has 0 bridgehead atoms. The average molecular weight is 409 g/mol. The number of aryl methyl sites for hydroxylation is 1. The van der Waals surface area contributed by atoms with E-state index in [0.717, 1.165) is 45.3 Å². The number of pyridine rings is 3. The first-order valence-electron chi connectivity index (χ1n) is 10.4. The Balaban J connectivity index is 1.60. The van der Waals surface area contributed by atoms with Crippen LogP contribution in [0.15, 0.2) is 60.9 Å². The van der Waals surface area contributed by atoms with Gasteiger partial charge in [-0.2, -0.15) is 0 Å². The van der Waals surface area contributed by atoms with Crippen molar-refractivity contribution in [2.75, 3.05) is 11.1 Å². The van der Waals surface area contributed by atoms with Crippen molar-refractivity contribution >= 4 is 28.3 Å². The van der Waals surface area contributed by atoms with Crippen molar-refractivity contribution < 1.29 is 4.79 Å². The normalized spacial score (nSPS) is 17.5. The Kier molecular flexibility index (Phi) is 4.62. The van der Waals surface area contributed by atoms with Crippen LogP contribution in [0.4, 0.5) is 11.6 Å². The highest BCUT2D eigenvalue weighted by Gasteiger charge is 2.39. The number of carbonyl (C=O) groups is 1. The molecular weight excluding hydrogens is 386 g/mol. The quantitative estimate of drug-likeness (QED) is 0.503. The number of aromatic nitrogens is 3. The van der Waals surface area contributed by atoms with Gasteiger partial charge in [-0.1, -0.05) is 37.3 Å². The van der Waals surface area contributed by atoms with E-state index in [1.54, 1.807) is 6.20 Å². The van der Waals surface area contributed by atoms with Crippen LogP contribution in [-0.4, -0.2) is 20.9 Å². The zero-order chi connectivity index (χ0) is 21.5. The lowest BCUT2D eigenvalue weighted by atomic mass is 9.98. The Labute approximate surface area is 180 Å². The molecular formula is C25H23N5O. The van der Waals surface area contributed by atoms with E-state index in [2.05, 4.69) is 27.2 Å². The summed E-state index contributed by atoms with van der Waals surface area (Å²) in [7, 11) is 0. The van der Waals surface area contributed by atoms with E-state index in [0.29, 0.717) is 17.6 Å².